The number of hydrogen-bond donors (Lipinski definition) is 1. The Morgan fingerprint density at radius 1 is 1.50 bits per heavy atom. The molecule has 4 nitrogen and oxygen atoms in total. The molecule has 0 aromatic heterocycles. The molecule has 0 saturated heterocycles. The summed E-state index contributed by atoms with van der Waals surface area (Å²) < 4.78 is 4.53. The van der Waals surface area contributed by atoms with E-state index in [-0.39, 0.29) is 5.97 Å². The van der Waals surface area contributed by atoms with Crippen molar-refractivity contribution >= 4 is 11.7 Å². The maximum absolute atomic E-state index is 10.8. The summed E-state index contributed by atoms with van der Waals surface area (Å²) >= 11 is 0. The van der Waals surface area contributed by atoms with Crippen molar-refractivity contribution in [3.8, 4) is 6.07 Å². The molecular formula is C12H14N2O2. The Kier molecular flexibility index (Phi) is 4.87. The number of carbonyl (C=O) groups is 1. The average Bonchev–Trinajstić information content (AvgIpc) is 2.34. The van der Waals surface area contributed by atoms with Gasteiger partial charge in [-0.25, -0.2) is 0 Å². The van der Waals surface area contributed by atoms with Gasteiger partial charge in [0.1, 0.15) is 6.07 Å². The number of para-hydroxylation sites is 1. The van der Waals surface area contributed by atoms with Crippen LogP contribution < -0.4 is 5.32 Å². The number of hydrogen-bond acceptors (Lipinski definition) is 4. The lowest BCUT2D eigenvalue weighted by Gasteiger charge is -2.06. The molecule has 0 radical (unpaired) electrons. The number of nitrogens with one attached hydrogen (secondary N) is 1. The molecule has 0 unspecified atom stereocenters. The van der Waals surface area contributed by atoms with E-state index >= 15 is 0 Å². The number of esters is 1. The quantitative estimate of drug-likeness (QED) is 0.606. The van der Waals surface area contributed by atoms with Crippen LogP contribution in [0.1, 0.15) is 18.4 Å². The zero-order valence-electron chi connectivity index (χ0n) is 9.19. The van der Waals surface area contributed by atoms with Crippen LogP contribution in [0.5, 0.6) is 0 Å². The second-order valence-electron chi connectivity index (χ2n) is 3.26. The van der Waals surface area contributed by atoms with Crippen LogP contribution in [0.2, 0.25) is 0 Å². The first kappa shape index (κ1) is 12.1. The molecule has 0 aliphatic carbocycles. The van der Waals surface area contributed by atoms with E-state index < -0.39 is 0 Å². The normalized spacial score (nSPS) is 9.25. The monoisotopic (exact) mass is 218 g/mol. The summed E-state index contributed by atoms with van der Waals surface area (Å²) in [6.45, 7) is 0.647. The molecule has 0 heterocycles. The van der Waals surface area contributed by atoms with Gasteiger partial charge >= 0.3 is 5.97 Å². The molecular weight excluding hydrogens is 204 g/mol. The van der Waals surface area contributed by atoms with E-state index in [0.717, 1.165) is 5.69 Å². The second kappa shape index (κ2) is 6.46. The van der Waals surface area contributed by atoms with Gasteiger partial charge in [-0.3, -0.25) is 4.79 Å². The molecule has 16 heavy (non-hydrogen) atoms. The van der Waals surface area contributed by atoms with E-state index in [1.165, 1.54) is 7.11 Å². The second-order valence-corrected chi connectivity index (χ2v) is 3.26. The number of anilines is 1. The van der Waals surface area contributed by atoms with E-state index in [4.69, 9.17) is 5.26 Å². The molecule has 0 bridgehead atoms. The smallest absolute Gasteiger partial charge is 0.305 e. The minimum atomic E-state index is -0.213. The fraction of sp³-hybridized carbons (Fsp3) is 0.333. The van der Waals surface area contributed by atoms with Crippen LogP contribution in [0.25, 0.3) is 0 Å². The Balaban J connectivity index is 2.38. The van der Waals surface area contributed by atoms with Crippen molar-refractivity contribution in [1.29, 1.82) is 5.26 Å². The molecule has 0 spiro atoms. The van der Waals surface area contributed by atoms with Gasteiger partial charge in [0, 0.05) is 13.0 Å². The molecule has 84 valence electrons. The van der Waals surface area contributed by atoms with E-state index in [2.05, 4.69) is 16.1 Å². The standard InChI is InChI=1S/C12H14N2O2/c1-16-12(15)7-4-8-14-11-6-3-2-5-10(11)9-13/h2-3,5-6,14H,4,7-8H2,1H3. The van der Waals surface area contributed by atoms with Gasteiger partial charge in [0.05, 0.1) is 18.4 Å². The number of methoxy groups -OCH3 is 1. The molecule has 1 aromatic carbocycles. The highest BCUT2D eigenvalue weighted by Crippen LogP contribution is 2.13. The molecule has 1 aromatic rings. The lowest BCUT2D eigenvalue weighted by Crippen LogP contribution is -2.07. The lowest BCUT2D eigenvalue weighted by atomic mass is 10.2. The summed E-state index contributed by atoms with van der Waals surface area (Å²) in [5, 5.41) is 12.0. The van der Waals surface area contributed by atoms with Gasteiger partial charge < -0.3 is 10.1 Å². The number of carbonyl (C=O) groups excluding carboxylic acids is 1. The lowest BCUT2D eigenvalue weighted by molar-refractivity contribution is -0.140. The summed E-state index contributed by atoms with van der Waals surface area (Å²) in [5.41, 5.74) is 1.41. The Morgan fingerprint density at radius 2 is 2.25 bits per heavy atom. The average molecular weight is 218 g/mol. The summed E-state index contributed by atoms with van der Waals surface area (Å²) in [6.07, 6.45) is 1.07. The van der Waals surface area contributed by atoms with Crippen molar-refractivity contribution in [2.75, 3.05) is 19.0 Å². The Hall–Kier alpha value is -2.02. The largest absolute Gasteiger partial charge is 0.469 e. The van der Waals surface area contributed by atoms with E-state index in [1.807, 2.05) is 18.2 Å². The number of rotatable bonds is 5. The molecule has 1 N–H and O–H groups in total. The topological polar surface area (TPSA) is 62.1 Å². The highest BCUT2D eigenvalue weighted by molar-refractivity contribution is 5.69. The van der Waals surface area contributed by atoms with Crippen molar-refractivity contribution in [2.45, 2.75) is 12.8 Å². The van der Waals surface area contributed by atoms with Gasteiger partial charge in [0.15, 0.2) is 0 Å². The van der Waals surface area contributed by atoms with Crippen molar-refractivity contribution in [2.24, 2.45) is 0 Å². The minimum Gasteiger partial charge on any atom is -0.469 e. The fourth-order valence-corrected chi connectivity index (χ4v) is 1.29. The van der Waals surface area contributed by atoms with Crippen LogP contribution in [0.4, 0.5) is 5.69 Å². The van der Waals surface area contributed by atoms with Gasteiger partial charge in [-0.15, -0.1) is 0 Å². The predicted molar refractivity (Wildman–Crippen MR) is 60.9 cm³/mol. The number of ether oxygens (including phenoxy) is 1. The fourth-order valence-electron chi connectivity index (χ4n) is 1.29. The van der Waals surface area contributed by atoms with Crippen LogP contribution in [0.3, 0.4) is 0 Å². The molecule has 0 fully saturated rings. The third-order valence-corrected chi connectivity index (χ3v) is 2.15. The number of benzene rings is 1. The predicted octanol–water partition coefficient (Wildman–Crippen LogP) is 1.92. The Morgan fingerprint density at radius 3 is 2.94 bits per heavy atom. The first-order chi connectivity index (χ1) is 7.77. The maximum atomic E-state index is 10.8. The van der Waals surface area contributed by atoms with Gasteiger partial charge in [0.25, 0.3) is 0 Å². The molecule has 0 aliphatic rings. The zero-order valence-corrected chi connectivity index (χ0v) is 9.19. The Bertz CT molecular complexity index is 396. The molecule has 4 heteroatoms. The van der Waals surface area contributed by atoms with Gasteiger partial charge in [-0.2, -0.15) is 5.26 Å². The molecule has 0 aliphatic heterocycles. The van der Waals surface area contributed by atoms with Crippen LogP contribution >= 0.6 is 0 Å². The summed E-state index contributed by atoms with van der Waals surface area (Å²) in [6, 6.07) is 9.38. The zero-order chi connectivity index (χ0) is 11.8. The first-order valence-electron chi connectivity index (χ1n) is 5.07. The van der Waals surface area contributed by atoms with Gasteiger partial charge in [-0.05, 0) is 18.6 Å². The molecule has 1 rings (SSSR count). The summed E-state index contributed by atoms with van der Waals surface area (Å²) in [5.74, 6) is -0.213. The summed E-state index contributed by atoms with van der Waals surface area (Å²) in [4.78, 5) is 10.8. The van der Waals surface area contributed by atoms with Crippen molar-refractivity contribution < 1.29 is 9.53 Å². The van der Waals surface area contributed by atoms with Crippen LogP contribution in [0.15, 0.2) is 24.3 Å². The van der Waals surface area contributed by atoms with E-state index in [9.17, 15) is 4.79 Å². The van der Waals surface area contributed by atoms with E-state index in [0.29, 0.717) is 24.9 Å². The maximum Gasteiger partial charge on any atom is 0.305 e. The van der Waals surface area contributed by atoms with Crippen molar-refractivity contribution in [1.82, 2.24) is 0 Å². The third kappa shape index (κ3) is 3.62. The van der Waals surface area contributed by atoms with Crippen molar-refractivity contribution in [3.63, 3.8) is 0 Å². The summed E-state index contributed by atoms with van der Waals surface area (Å²) in [7, 11) is 1.38. The highest BCUT2D eigenvalue weighted by Gasteiger charge is 2.01. The first-order valence-corrected chi connectivity index (χ1v) is 5.07. The third-order valence-electron chi connectivity index (χ3n) is 2.15. The van der Waals surface area contributed by atoms with Crippen LogP contribution in [0, 0.1) is 11.3 Å². The van der Waals surface area contributed by atoms with Crippen molar-refractivity contribution in [3.05, 3.63) is 29.8 Å². The highest BCUT2D eigenvalue weighted by atomic mass is 16.5. The molecule has 0 amide bonds. The van der Waals surface area contributed by atoms with Crippen LogP contribution in [-0.4, -0.2) is 19.6 Å². The SMILES string of the molecule is COC(=O)CCCNc1ccccc1C#N. The van der Waals surface area contributed by atoms with Gasteiger partial charge in [-0.1, -0.05) is 12.1 Å². The number of nitrogens with zero attached hydrogens (tertiary/aromatic N) is 1. The minimum absolute atomic E-state index is 0.213. The number of nitriles is 1. The molecule has 0 saturated carbocycles. The molecule has 0 atom stereocenters. The Labute approximate surface area is 94.8 Å². The van der Waals surface area contributed by atoms with E-state index in [1.54, 1.807) is 6.07 Å². The van der Waals surface area contributed by atoms with Crippen LogP contribution in [-0.2, 0) is 9.53 Å². The van der Waals surface area contributed by atoms with Gasteiger partial charge in [0.2, 0.25) is 0 Å².